The van der Waals surface area contributed by atoms with E-state index in [2.05, 4.69) is 21.5 Å². The molecule has 1 heterocycles. The molecule has 0 aliphatic rings. The first kappa shape index (κ1) is 4.76. The second kappa shape index (κ2) is 1.61. The predicted molar refractivity (Wildman–Crippen MR) is 22.2 cm³/mol. The van der Waals surface area contributed by atoms with Gasteiger partial charge in [-0.3, -0.25) is 5.10 Å². The topological polar surface area (TPSA) is 78.9 Å². The molecule has 5 heteroatoms. The molecular formula is C3H2N3O2. The van der Waals surface area contributed by atoms with Crippen LogP contribution in [0.1, 0.15) is 10.6 Å². The number of carbonyl (C=O) groups is 1. The molecule has 0 aliphatic heterocycles. The van der Waals surface area contributed by atoms with Gasteiger partial charge in [-0.15, -0.1) is 5.10 Å². The van der Waals surface area contributed by atoms with Gasteiger partial charge in [-0.2, -0.15) is 4.98 Å². The molecule has 0 spiro atoms. The SMILES string of the molecule is O=C(O)c1n[c][nH]n1. The van der Waals surface area contributed by atoms with E-state index in [0.29, 0.717) is 0 Å². The van der Waals surface area contributed by atoms with Crippen molar-refractivity contribution in [3.8, 4) is 0 Å². The van der Waals surface area contributed by atoms with E-state index in [9.17, 15) is 4.79 Å². The van der Waals surface area contributed by atoms with Crippen molar-refractivity contribution < 1.29 is 9.90 Å². The first-order valence-electron chi connectivity index (χ1n) is 1.82. The standard InChI is InChI=1S/C3H2N3O2/c7-3(8)2-4-1-5-6-2/h(H,7,8)(H,4,5,6). The van der Waals surface area contributed by atoms with Crippen LogP contribution < -0.4 is 0 Å². The zero-order chi connectivity index (χ0) is 5.98. The van der Waals surface area contributed by atoms with Crippen molar-refractivity contribution in [2.75, 3.05) is 0 Å². The number of carboxylic acids is 1. The number of aromatic nitrogens is 3. The summed E-state index contributed by atoms with van der Waals surface area (Å²) in [5.41, 5.74) is 0. The molecule has 1 radical (unpaired) electrons. The van der Waals surface area contributed by atoms with Crippen molar-refractivity contribution >= 4 is 5.97 Å². The smallest absolute Gasteiger partial charge is 0.375 e. The first-order valence-corrected chi connectivity index (χ1v) is 1.82. The number of rotatable bonds is 1. The highest BCUT2D eigenvalue weighted by atomic mass is 16.4. The maximum atomic E-state index is 9.90. The van der Waals surface area contributed by atoms with Crippen LogP contribution in [0.3, 0.4) is 0 Å². The molecule has 0 saturated carbocycles. The number of aromatic carboxylic acids is 1. The summed E-state index contributed by atoms with van der Waals surface area (Å²) < 4.78 is 0. The predicted octanol–water partition coefficient (Wildman–Crippen LogP) is -0.697. The van der Waals surface area contributed by atoms with Crippen molar-refractivity contribution in [3.63, 3.8) is 0 Å². The van der Waals surface area contributed by atoms with Gasteiger partial charge in [0.05, 0.1) is 0 Å². The second-order valence-electron chi connectivity index (χ2n) is 1.08. The molecule has 8 heavy (non-hydrogen) atoms. The fourth-order valence-electron chi connectivity index (χ4n) is 0.277. The number of nitrogens with zero attached hydrogens (tertiary/aromatic N) is 2. The lowest BCUT2D eigenvalue weighted by Crippen LogP contribution is -1.97. The monoisotopic (exact) mass is 112 g/mol. The Morgan fingerprint density at radius 2 is 2.62 bits per heavy atom. The Hall–Kier alpha value is -1.39. The van der Waals surface area contributed by atoms with Gasteiger partial charge in [0.25, 0.3) is 5.82 Å². The van der Waals surface area contributed by atoms with E-state index in [-0.39, 0.29) is 5.82 Å². The highest BCUT2D eigenvalue weighted by Gasteiger charge is 2.03. The van der Waals surface area contributed by atoms with E-state index in [0.717, 1.165) is 0 Å². The third kappa shape index (κ3) is 0.651. The molecule has 1 aromatic heterocycles. The van der Waals surface area contributed by atoms with Crippen molar-refractivity contribution in [3.05, 3.63) is 12.2 Å². The number of nitrogens with one attached hydrogen (secondary N) is 1. The normalized spacial score (nSPS) is 9.00. The van der Waals surface area contributed by atoms with Gasteiger partial charge in [-0.25, -0.2) is 4.79 Å². The van der Waals surface area contributed by atoms with Crippen LogP contribution in [0, 0.1) is 6.33 Å². The van der Waals surface area contributed by atoms with Gasteiger partial charge in [-0.1, -0.05) is 0 Å². The number of aromatic amines is 1. The summed E-state index contributed by atoms with van der Waals surface area (Å²) >= 11 is 0. The van der Waals surface area contributed by atoms with Gasteiger partial charge >= 0.3 is 5.97 Å². The number of hydrogen-bond donors (Lipinski definition) is 2. The van der Waals surface area contributed by atoms with Crippen molar-refractivity contribution in [2.24, 2.45) is 0 Å². The molecular weight excluding hydrogens is 110 g/mol. The highest BCUT2D eigenvalue weighted by Crippen LogP contribution is 1.80. The fraction of sp³-hybridized carbons (Fsp3) is 0. The fourth-order valence-corrected chi connectivity index (χ4v) is 0.277. The van der Waals surface area contributed by atoms with E-state index in [1.165, 1.54) is 0 Å². The molecule has 2 N–H and O–H groups in total. The van der Waals surface area contributed by atoms with Crippen LogP contribution in [-0.2, 0) is 0 Å². The van der Waals surface area contributed by atoms with E-state index < -0.39 is 5.97 Å². The lowest BCUT2D eigenvalue weighted by Gasteiger charge is -1.75. The molecule has 0 amide bonds. The van der Waals surface area contributed by atoms with Gasteiger partial charge in [0, 0.05) is 0 Å². The summed E-state index contributed by atoms with van der Waals surface area (Å²) in [5.74, 6) is -1.41. The summed E-state index contributed by atoms with van der Waals surface area (Å²) in [6.45, 7) is 0. The van der Waals surface area contributed by atoms with Crippen LogP contribution in [-0.4, -0.2) is 26.3 Å². The molecule has 0 unspecified atom stereocenters. The lowest BCUT2D eigenvalue weighted by atomic mass is 10.7. The molecule has 0 aromatic carbocycles. The summed E-state index contributed by atoms with van der Waals surface area (Å²) in [6, 6.07) is 0. The Balaban J connectivity index is 2.93. The summed E-state index contributed by atoms with van der Waals surface area (Å²) in [7, 11) is 0. The van der Waals surface area contributed by atoms with Crippen LogP contribution in [0.5, 0.6) is 0 Å². The minimum atomic E-state index is -1.15. The number of carboxylic acid groups (broad SMARTS) is 1. The van der Waals surface area contributed by atoms with Crippen LogP contribution >= 0.6 is 0 Å². The Kier molecular flexibility index (Phi) is 0.957. The number of hydrogen-bond acceptors (Lipinski definition) is 3. The van der Waals surface area contributed by atoms with Crippen LogP contribution in [0.4, 0.5) is 0 Å². The largest absolute Gasteiger partial charge is 0.475 e. The minimum Gasteiger partial charge on any atom is -0.475 e. The molecule has 0 atom stereocenters. The van der Waals surface area contributed by atoms with Crippen molar-refractivity contribution in [1.29, 1.82) is 0 Å². The Morgan fingerprint density at radius 1 is 1.88 bits per heavy atom. The lowest BCUT2D eigenvalue weighted by molar-refractivity contribution is 0.0684. The average molecular weight is 112 g/mol. The zero-order valence-electron chi connectivity index (χ0n) is 3.75. The van der Waals surface area contributed by atoms with Crippen LogP contribution in [0.15, 0.2) is 0 Å². The van der Waals surface area contributed by atoms with E-state index in [1.54, 1.807) is 0 Å². The Morgan fingerprint density at radius 3 is 2.88 bits per heavy atom. The van der Waals surface area contributed by atoms with E-state index >= 15 is 0 Å². The third-order valence-electron chi connectivity index (χ3n) is 0.565. The van der Waals surface area contributed by atoms with Gasteiger partial charge in [0.2, 0.25) is 0 Å². The molecule has 0 aliphatic carbocycles. The van der Waals surface area contributed by atoms with Crippen LogP contribution in [0.2, 0.25) is 0 Å². The van der Waals surface area contributed by atoms with E-state index in [1.807, 2.05) is 0 Å². The van der Waals surface area contributed by atoms with Gasteiger partial charge < -0.3 is 5.11 Å². The maximum absolute atomic E-state index is 9.90. The van der Waals surface area contributed by atoms with Crippen molar-refractivity contribution in [1.82, 2.24) is 15.2 Å². The second-order valence-corrected chi connectivity index (χ2v) is 1.08. The Bertz CT molecular complexity index is 180. The van der Waals surface area contributed by atoms with Gasteiger partial charge in [0.1, 0.15) is 0 Å². The molecule has 0 fully saturated rings. The third-order valence-corrected chi connectivity index (χ3v) is 0.565. The van der Waals surface area contributed by atoms with Crippen molar-refractivity contribution in [2.45, 2.75) is 0 Å². The molecule has 0 bridgehead atoms. The summed E-state index contributed by atoms with van der Waals surface area (Å²) in [4.78, 5) is 13.1. The minimum absolute atomic E-state index is 0.259. The van der Waals surface area contributed by atoms with Gasteiger partial charge in [0.15, 0.2) is 6.33 Å². The van der Waals surface area contributed by atoms with E-state index in [4.69, 9.17) is 5.11 Å². The van der Waals surface area contributed by atoms with Gasteiger partial charge in [-0.05, 0) is 0 Å². The Labute approximate surface area is 44.4 Å². The average Bonchev–Trinajstić information content (AvgIpc) is 2.12. The quantitative estimate of drug-likeness (QED) is 0.503. The maximum Gasteiger partial charge on any atom is 0.375 e. The zero-order valence-corrected chi connectivity index (χ0v) is 3.75. The summed E-state index contributed by atoms with van der Waals surface area (Å²) in [5, 5.41) is 13.5. The molecule has 1 rings (SSSR count). The van der Waals surface area contributed by atoms with Crippen LogP contribution in [0.25, 0.3) is 0 Å². The molecule has 5 nitrogen and oxygen atoms in total. The molecule has 0 saturated heterocycles. The molecule has 1 aromatic rings. The molecule has 41 valence electrons. The number of H-pyrrole nitrogens is 1. The first-order chi connectivity index (χ1) is 3.80. The summed E-state index contributed by atoms with van der Waals surface area (Å²) in [6.07, 6.45) is 2.14. The highest BCUT2D eigenvalue weighted by molar-refractivity contribution is 5.82.